The number of nitrogens with one attached hydrogen (secondary N) is 1. The minimum atomic E-state index is -0.0873. The Morgan fingerprint density at radius 3 is 2.54 bits per heavy atom. The van der Waals surface area contributed by atoms with Gasteiger partial charge in [-0.15, -0.1) is 0 Å². The fourth-order valence-corrected chi connectivity index (χ4v) is 3.46. The Bertz CT molecular complexity index is 777. The van der Waals surface area contributed by atoms with Crippen molar-refractivity contribution in [1.29, 1.82) is 0 Å². The summed E-state index contributed by atoms with van der Waals surface area (Å²) < 4.78 is 5.42. The number of urea groups is 1. The average molecular weight is 394 g/mol. The van der Waals surface area contributed by atoms with Gasteiger partial charge in [-0.25, -0.2) is 4.79 Å². The van der Waals surface area contributed by atoms with E-state index in [9.17, 15) is 4.79 Å². The molecule has 138 valence electrons. The van der Waals surface area contributed by atoms with Crippen LogP contribution in [0.3, 0.4) is 0 Å². The lowest BCUT2D eigenvalue weighted by molar-refractivity contribution is 0.194. The van der Waals surface area contributed by atoms with E-state index >= 15 is 0 Å². The summed E-state index contributed by atoms with van der Waals surface area (Å²) in [7, 11) is 1.67. The highest BCUT2D eigenvalue weighted by atomic mass is 35.5. The molecule has 0 spiro atoms. The van der Waals surface area contributed by atoms with Crippen LogP contribution < -0.4 is 15.0 Å². The van der Waals surface area contributed by atoms with Crippen LogP contribution in [0.1, 0.15) is 5.56 Å². The predicted molar refractivity (Wildman–Crippen MR) is 105 cm³/mol. The molecule has 7 heteroatoms. The molecule has 5 nitrogen and oxygen atoms in total. The molecule has 1 aliphatic rings. The number of rotatable bonds is 4. The number of hydrogen-bond donors (Lipinski definition) is 1. The number of carbonyl (C=O) groups excluding carboxylic acids is 1. The number of amides is 2. The lowest BCUT2D eigenvalue weighted by Crippen LogP contribution is -2.51. The highest BCUT2D eigenvalue weighted by Gasteiger charge is 2.22. The van der Waals surface area contributed by atoms with Crippen LogP contribution in [-0.2, 0) is 6.54 Å². The molecule has 1 saturated heterocycles. The topological polar surface area (TPSA) is 44.8 Å². The van der Waals surface area contributed by atoms with Crippen LogP contribution in [0.2, 0.25) is 10.0 Å². The van der Waals surface area contributed by atoms with Gasteiger partial charge < -0.3 is 19.9 Å². The predicted octanol–water partition coefficient (Wildman–Crippen LogP) is 4.03. The van der Waals surface area contributed by atoms with Crippen LogP contribution in [0.15, 0.2) is 42.5 Å². The molecule has 0 saturated carbocycles. The summed E-state index contributed by atoms with van der Waals surface area (Å²) in [6.07, 6.45) is 0. The Morgan fingerprint density at radius 2 is 1.85 bits per heavy atom. The van der Waals surface area contributed by atoms with E-state index in [1.807, 2.05) is 35.2 Å². The molecule has 0 unspecified atom stereocenters. The zero-order chi connectivity index (χ0) is 18.5. The van der Waals surface area contributed by atoms with Gasteiger partial charge in [0, 0.05) is 42.8 Å². The van der Waals surface area contributed by atoms with E-state index in [0.29, 0.717) is 29.7 Å². The number of anilines is 1. The molecule has 26 heavy (non-hydrogen) atoms. The highest BCUT2D eigenvalue weighted by molar-refractivity contribution is 6.35. The van der Waals surface area contributed by atoms with Gasteiger partial charge in [0.1, 0.15) is 5.75 Å². The molecule has 1 heterocycles. The summed E-state index contributed by atoms with van der Waals surface area (Å²) in [5.41, 5.74) is 1.90. The molecular formula is C19H21Cl2N3O2. The quantitative estimate of drug-likeness (QED) is 0.852. The molecule has 2 aromatic rings. The zero-order valence-corrected chi connectivity index (χ0v) is 16.1. The lowest BCUT2D eigenvalue weighted by atomic mass is 10.2. The van der Waals surface area contributed by atoms with E-state index in [0.717, 1.165) is 30.1 Å². The Labute approximate surface area is 163 Å². The fraction of sp³-hybridized carbons (Fsp3) is 0.316. The smallest absolute Gasteiger partial charge is 0.317 e. The van der Waals surface area contributed by atoms with Gasteiger partial charge in [0.05, 0.1) is 12.8 Å². The Hall–Kier alpha value is -2.11. The van der Waals surface area contributed by atoms with Crippen molar-refractivity contribution in [3.05, 3.63) is 58.1 Å². The Kier molecular flexibility index (Phi) is 6.12. The van der Waals surface area contributed by atoms with Crippen molar-refractivity contribution in [3.8, 4) is 5.75 Å². The number of carbonyl (C=O) groups is 1. The molecule has 0 bridgehead atoms. The highest BCUT2D eigenvalue weighted by Crippen LogP contribution is 2.28. The lowest BCUT2D eigenvalue weighted by Gasteiger charge is -2.36. The molecule has 0 aromatic heterocycles. The van der Waals surface area contributed by atoms with Crippen LogP contribution in [0, 0.1) is 0 Å². The van der Waals surface area contributed by atoms with Gasteiger partial charge in [-0.2, -0.15) is 0 Å². The summed E-state index contributed by atoms with van der Waals surface area (Å²) in [5, 5.41) is 4.06. The van der Waals surface area contributed by atoms with Gasteiger partial charge in [0.2, 0.25) is 0 Å². The third-order valence-electron chi connectivity index (χ3n) is 4.44. The second-order valence-electron chi connectivity index (χ2n) is 6.04. The maximum absolute atomic E-state index is 12.4. The first-order valence-electron chi connectivity index (χ1n) is 8.43. The van der Waals surface area contributed by atoms with Crippen LogP contribution in [-0.4, -0.2) is 44.2 Å². The van der Waals surface area contributed by atoms with Gasteiger partial charge in [0.25, 0.3) is 0 Å². The molecule has 1 aliphatic heterocycles. The molecule has 2 aromatic carbocycles. The van der Waals surface area contributed by atoms with E-state index in [1.54, 1.807) is 19.2 Å². The third-order valence-corrected chi connectivity index (χ3v) is 5.02. The first-order valence-corrected chi connectivity index (χ1v) is 9.19. The van der Waals surface area contributed by atoms with Crippen molar-refractivity contribution in [2.45, 2.75) is 6.54 Å². The number of nitrogens with zero attached hydrogens (tertiary/aromatic N) is 2. The summed E-state index contributed by atoms with van der Waals surface area (Å²) in [4.78, 5) is 16.5. The minimum absolute atomic E-state index is 0.0873. The average Bonchev–Trinajstić information content (AvgIpc) is 2.67. The molecular weight excluding hydrogens is 373 g/mol. The van der Waals surface area contributed by atoms with Gasteiger partial charge in [-0.3, -0.25) is 0 Å². The van der Waals surface area contributed by atoms with Gasteiger partial charge in [0.15, 0.2) is 0 Å². The van der Waals surface area contributed by atoms with Crippen molar-refractivity contribution < 1.29 is 9.53 Å². The van der Waals surface area contributed by atoms with Crippen LogP contribution in [0.5, 0.6) is 5.75 Å². The summed E-state index contributed by atoms with van der Waals surface area (Å²) in [6, 6.07) is 13.1. The van der Waals surface area contributed by atoms with E-state index < -0.39 is 0 Å². The molecule has 0 aliphatic carbocycles. The molecule has 1 fully saturated rings. The second-order valence-corrected chi connectivity index (χ2v) is 6.88. The largest absolute Gasteiger partial charge is 0.495 e. The molecule has 0 atom stereocenters. The SMILES string of the molecule is COc1ccccc1N1CCN(C(=O)NCc2ccc(Cl)cc2Cl)CC1. The van der Waals surface area contributed by atoms with Gasteiger partial charge in [-0.05, 0) is 29.8 Å². The number of hydrogen-bond acceptors (Lipinski definition) is 3. The van der Waals surface area contributed by atoms with Crippen molar-refractivity contribution in [2.75, 3.05) is 38.2 Å². The van der Waals surface area contributed by atoms with Crippen molar-refractivity contribution in [3.63, 3.8) is 0 Å². The van der Waals surface area contributed by atoms with Crippen LogP contribution in [0.25, 0.3) is 0 Å². The number of halogens is 2. The van der Waals surface area contributed by atoms with Gasteiger partial charge >= 0.3 is 6.03 Å². The van der Waals surface area contributed by atoms with E-state index in [4.69, 9.17) is 27.9 Å². The van der Waals surface area contributed by atoms with E-state index in [1.165, 1.54) is 0 Å². The summed E-state index contributed by atoms with van der Waals surface area (Å²) in [6.45, 7) is 3.20. The Morgan fingerprint density at radius 1 is 1.12 bits per heavy atom. The van der Waals surface area contributed by atoms with Gasteiger partial charge in [-0.1, -0.05) is 41.4 Å². The third kappa shape index (κ3) is 4.34. The second kappa shape index (κ2) is 8.52. The minimum Gasteiger partial charge on any atom is -0.495 e. The Balaban J connectivity index is 1.53. The molecule has 0 radical (unpaired) electrons. The molecule has 3 rings (SSSR count). The molecule has 2 amide bonds. The zero-order valence-electron chi connectivity index (χ0n) is 14.5. The standard InChI is InChI=1S/C19H21Cl2N3O2/c1-26-18-5-3-2-4-17(18)23-8-10-24(11-9-23)19(25)22-13-14-6-7-15(20)12-16(14)21/h2-7,12H,8-11,13H2,1H3,(H,22,25). The number of benzene rings is 2. The number of piperazine rings is 1. The normalized spacial score (nSPS) is 14.3. The molecule has 1 N–H and O–H groups in total. The van der Waals surface area contributed by atoms with E-state index in [-0.39, 0.29) is 6.03 Å². The number of ether oxygens (including phenoxy) is 1. The maximum atomic E-state index is 12.4. The van der Waals surface area contributed by atoms with Crippen LogP contribution in [0.4, 0.5) is 10.5 Å². The van der Waals surface area contributed by atoms with Crippen molar-refractivity contribution >= 4 is 34.9 Å². The maximum Gasteiger partial charge on any atom is 0.317 e. The van der Waals surface area contributed by atoms with Crippen LogP contribution >= 0.6 is 23.2 Å². The summed E-state index contributed by atoms with van der Waals surface area (Å²) >= 11 is 12.0. The fourth-order valence-electron chi connectivity index (χ4n) is 2.99. The first kappa shape index (κ1) is 18.7. The van der Waals surface area contributed by atoms with Crippen molar-refractivity contribution in [1.82, 2.24) is 10.2 Å². The van der Waals surface area contributed by atoms with E-state index in [2.05, 4.69) is 10.2 Å². The summed E-state index contributed by atoms with van der Waals surface area (Å²) in [5.74, 6) is 0.850. The van der Waals surface area contributed by atoms with Crippen molar-refractivity contribution in [2.24, 2.45) is 0 Å². The monoisotopic (exact) mass is 393 g/mol. The number of methoxy groups -OCH3 is 1. The number of para-hydroxylation sites is 2. The first-order chi connectivity index (χ1) is 12.6.